The van der Waals surface area contributed by atoms with Gasteiger partial charge in [0.05, 0.1) is 6.54 Å². The van der Waals surface area contributed by atoms with E-state index >= 15 is 0 Å². The van der Waals surface area contributed by atoms with Crippen molar-refractivity contribution in [1.29, 1.82) is 0 Å². The van der Waals surface area contributed by atoms with Gasteiger partial charge in [0.25, 0.3) is 0 Å². The van der Waals surface area contributed by atoms with E-state index in [4.69, 9.17) is 5.73 Å². The number of anilines is 1. The highest BCUT2D eigenvalue weighted by molar-refractivity contribution is 5.92. The van der Waals surface area contributed by atoms with Crippen molar-refractivity contribution >= 4 is 17.6 Å². The van der Waals surface area contributed by atoms with Crippen LogP contribution >= 0.6 is 0 Å². The third-order valence-corrected chi connectivity index (χ3v) is 4.42. The molecular formula is C19H30N4O. The first-order valence-electron chi connectivity index (χ1n) is 9.01. The maximum atomic E-state index is 11.9. The van der Waals surface area contributed by atoms with Crippen LogP contribution in [0.3, 0.4) is 0 Å². The van der Waals surface area contributed by atoms with Gasteiger partial charge in [0.1, 0.15) is 0 Å². The number of guanidine groups is 1. The quantitative estimate of drug-likeness (QED) is 0.552. The summed E-state index contributed by atoms with van der Waals surface area (Å²) >= 11 is 0. The smallest absolute Gasteiger partial charge is 0.222 e. The Hall–Kier alpha value is -2.04. The van der Waals surface area contributed by atoms with Crippen molar-refractivity contribution in [2.45, 2.75) is 64.3 Å². The molecule has 0 spiro atoms. The molecular weight excluding hydrogens is 300 g/mol. The average molecular weight is 330 g/mol. The van der Waals surface area contributed by atoms with Crippen LogP contribution in [-0.2, 0) is 4.79 Å². The molecule has 1 aromatic carbocycles. The van der Waals surface area contributed by atoms with Gasteiger partial charge in [0.2, 0.25) is 5.91 Å². The van der Waals surface area contributed by atoms with Crippen molar-refractivity contribution in [1.82, 2.24) is 5.32 Å². The van der Waals surface area contributed by atoms with Crippen molar-refractivity contribution in [2.75, 3.05) is 11.9 Å². The Labute approximate surface area is 145 Å². The lowest BCUT2D eigenvalue weighted by Gasteiger charge is -2.22. The second kappa shape index (κ2) is 9.30. The van der Waals surface area contributed by atoms with Crippen molar-refractivity contribution in [3.05, 3.63) is 29.8 Å². The highest BCUT2D eigenvalue weighted by Crippen LogP contribution is 2.18. The molecule has 0 radical (unpaired) electrons. The van der Waals surface area contributed by atoms with Crippen LogP contribution in [0.1, 0.15) is 63.9 Å². The third-order valence-electron chi connectivity index (χ3n) is 4.42. The third kappa shape index (κ3) is 6.22. The Balaban J connectivity index is 1.75. The molecule has 5 heteroatoms. The molecule has 5 nitrogen and oxygen atoms in total. The summed E-state index contributed by atoms with van der Waals surface area (Å²) < 4.78 is 0. The molecule has 1 aromatic rings. The number of amides is 1. The molecule has 1 amide bonds. The molecule has 0 aliphatic heterocycles. The van der Waals surface area contributed by atoms with Gasteiger partial charge in [-0.2, -0.15) is 0 Å². The van der Waals surface area contributed by atoms with Crippen LogP contribution in [0.15, 0.2) is 29.3 Å². The van der Waals surface area contributed by atoms with Crippen molar-refractivity contribution in [3.63, 3.8) is 0 Å². The number of hydrogen-bond donors (Lipinski definition) is 3. The molecule has 1 fully saturated rings. The first-order chi connectivity index (χ1) is 11.5. The number of benzene rings is 1. The van der Waals surface area contributed by atoms with E-state index in [1.54, 1.807) is 0 Å². The average Bonchev–Trinajstić information content (AvgIpc) is 2.56. The molecule has 0 heterocycles. The summed E-state index contributed by atoms with van der Waals surface area (Å²) in [6.45, 7) is 4.71. The normalized spacial score (nSPS) is 16.2. The topological polar surface area (TPSA) is 79.5 Å². The number of nitrogens with one attached hydrogen (secondary N) is 2. The number of nitrogens with zero attached hydrogens (tertiary/aromatic N) is 1. The van der Waals surface area contributed by atoms with Gasteiger partial charge in [0.15, 0.2) is 5.96 Å². The zero-order chi connectivity index (χ0) is 17.4. The fourth-order valence-corrected chi connectivity index (χ4v) is 2.99. The van der Waals surface area contributed by atoms with Crippen LogP contribution < -0.4 is 16.4 Å². The molecule has 132 valence electrons. The van der Waals surface area contributed by atoms with Gasteiger partial charge in [-0.05, 0) is 36.5 Å². The van der Waals surface area contributed by atoms with E-state index in [9.17, 15) is 4.79 Å². The Morgan fingerprint density at radius 3 is 2.75 bits per heavy atom. The van der Waals surface area contributed by atoms with E-state index in [-0.39, 0.29) is 5.91 Å². The summed E-state index contributed by atoms with van der Waals surface area (Å²) in [7, 11) is 0. The van der Waals surface area contributed by atoms with Crippen LogP contribution in [0.5, 0.6) is 0 Å². The van der Waals surface area contributed by atoms with Crippen molar-refractivity contribution < 1.29 is 4.79 Å². The molecule has 0 bridgehead atoms. The molecule has 4 N–H and O–H groups in total. The predicted octanol–water partition coefficient (Wildman–Crippen LogP) is 3.38. The van der Waals surface area contributed by atoms with E-state index in [1.807, 2.05) is 12.1 Å². The van der Waals surface area contributed by atoms with E-state index in [0.29, 0.717) is 30.9 Å². The van der Waals surface area contributed by atoms with Gasteiger partial charge in [-0.25, -0.2) is 0 Å². The summed E-state index contributed by atoms with van der Waals surface area (Å²) in [6, 6.07) is 8.48. The van der Waals surface area contributed by atoms with Crippen LogP contribution in [0, 0.1) is 0 Å². The zero-order valence-electron chi connectivity index (χ0n) is 14.8. The van der Waals surface area contributed by atoms with E-state index < -0.39 is 0 Å². The summed E-state index contributed by atoms with van der Waals surface area (Å²) in [4.78, 5) is 16.2. The standard InChI is InChI=1S/C19H30N4O/c1-14(2)15-7-6-10-17(13-15)23-19(20)21-12-11-18(24)22-16-8-4-3-5-9-16/h6-7,10,13-14,16H,3-5,8-9,11-12H2,1-2H3,(H,22,24)(H3,20,21,23). The van der Waals surface area contributed by atoms with Gasteiger partial charge in [-0.15, -0.1) is 0 Å². The molecule has 0 saturated heterocycles. The number of rotatable bonds is 6. The van der Waals surface area contributed by atoms with Gasteiger partial charge in [-0.3, -0.25) is 9.79 Å². The Morgan fingerprint density at radius 2 is 2.04 bits per heavy atom. The number of nitrogens with two attached hydrogens (primary N) is 1. The lowest BCUT2D eigenvalue weighted by molar-refractivity contribution is -0.121. The highest BCUT2D eigenvalue weighted by atomic mass is 16.1. The first kappa shape index (κ1) is 18.3. The number of aliphatic imine (C=N–C) groups is 1. The minimum absolute atomic E-state index is 0.0697. The fraction of sp³-hybridized carbons (Fsp3) is 0.579. The van der Waals surface area contributed by atoms with Crippen LogP contribution in [0.25, 0.3) is 0 Å². The Bertz CT molecular complexity index is 562. The number of carbonyl (C=O) groups excluding carboxylic acids is 1. The van der Waals surface area contributed by atoms with Crippen molar-refractivity contribution in [3.8, 4) is 0 Å². The highest BCUT2D eigenvalue weighted by Gasteiger charge is 2.15. The molecule has 0 atom stereocenters. The Morgan fingerprint density at radius 1 is 1.29 bits per heavy atom. The summed E-state index contributed by atoms with van der Waals surface area (Å²) in [5.74, 6) is 0.884. The SMILES string of the molecule is CC(C)c1cccc(NC(N)=NCCC(=O)NC2CCCCC2)c1. The summed E-state index contributed by atoms with van der Waals surface area (Å²) in [5, 5.41) is 6.18. The molecule has 1 aliphatic carbocycles. The lowest BCUT2D eigenvalue weighted by atomic mass is 9.95. The molecule has 0 aromatic heterocycles. The molecule has 24 heavy (non-hydrogen) atoms. The van der Waals surface area contributed by atoms with Crippen molar-refractivity contribution in [2.24, 2.45) is 10.7 Å². The number of carbonyl (C=O) groups is 1. The summed E-state index contributed by atoms with van der Waals surface area (Å²) in [6.07, 6.45) is 6.31. The Kier molecular flexibility index (Phi) is 7.09. The van der Waals surface area contributed by atoms with Gasteiger partial charge < -0.3 is 16.4 Å². The first-order valence-corrected chi connectivity index (χ1v) is 9.01. The predicted molar refractivity (Wildman–Crippen MR) is 100 cm³/mol. The van der Waals surface area contributed by atoms with Crippen LogP contribution in [0.2, 0.25) is 0 Å². The monoisotopic (exact) mass is 330 g/mol. The maximum absolute atomic E-state index is 11.9. The van der Waals surface area contributed by atoms with Gasteiger partial charge >= 0.3 is 0 Å². The summed E-state index contributed by atoms with van der Waals surface area (Å²) in [5.41, 5.74) is 8.08. The minimum atomic E-state index is 0.0697. The molecule has 1 saturated carbocycles. The lowest BCUT2D eigenvalue weighted by Crippen LogP contribution is -2.36. The van der Waals surface area contributed by atoms with Gasteiger partial charge in [0, 0.05) is 18.2 Å². The van der Waals surface area contributed by atoms with E-state index in [0.717, 1.165) is 18.5 Å². The molecule has 0 unspecified atom stereocenters. The molecule has 2 rings (SSSR count). The molecule has 1 aliphatic rings. The second-order valence-corrected chi connectivity index (χ2v) is 6.82. The minimum Gasteiger partial charge on any atom is -0.370 e. The second-order valence-electron chi connectivity index (χ2n) is 6.82. The van der Waals surface area contributed by atoms with Crippen LogP contribution in [-0.4, -0.2) is 24.5 Å². The van der Waals surface area contributed by atoms with Gasteiger partial charge in [-0.1, -0.05) is 45.2 Å². The number of hydrogen-bond acceptors (Lipinski definition) is 2. The maximum Gasteiger partial charge on any atom is 0.222 e. The zero-order valence-corrected chi connectivity index (χ0v) is 14.8. The van der Waals surface area contributed by atoms with E-state index in [2.05, 4.69) is 41.6 Å². The largest absolute Gasteiger partial charge is 0.370 e. The van der Waals surface area contributed by atoms with Crippen LogP contribution in [0.4, 0.5) is 5.69 Å². The fourth-order valence-electron chi connectivity index (χ4n) is 2.99. The van der Waals surface area contributed by atoms with E-state index in [1.165, 1.54) is 24.8 Å².